The van der Waals surface area contributed by atoms with Crippen molar-refractivity contribution in [1.82, 2.24) is 4.98 Å². The summed E-state index contributed by atoms with van der Waals surface area (Å²) in [6.07, 6.45) is 1.80. The molecular weight excluding hydrogens is 205 g/mol. The molecular formula is C15H10BN. The Morgan fingerprint density at radius 1 is 0.765 bits per heavy atom. The molecule has 0 saturated carbocycles. The van der Waals surface area contributed by atoms with E-state index in [1.165, 1.54) is 11.1 Å². The van der Waals surface area contributed by atoms with Gasteiger partial charge in [0.05, 0.1) is 0 Å². The second kappa shape index (κ2) is 4.06. The van der Waals surface area contributed by atoms with E-state index < -0.39 is 0 Å². The first-order valence-corrected chi connectivity index (χ1v) is 5.54. The summed E-state index contributed by atoms with van der Waals surface area (Å²) in [4.78, 5) is 4.09. The number of nitrogens with zero attached hydrogens (tertiary/aromatic N) is 1. The Hall–Kier alpha value is -2.09. The zero-order chi connectivity index (χ0) is 11.7. The minimum atomic E-state index is 0.558. The Morgan fingerprint density at radius 3 is 2.41 bits per heavy atom. The maximum Gasteiger partial charge on any atom is 0.141 e. The van der Waals surface area contributed by atoms with Gasteiger partial charge in [-0.3, -0.25) is 4.98 Å². The third-order valence-corrected chi connectivity index (χ3v) is 2.85. The van der Waals surface area contributed by atoms with E-state index in [1.807, 2.05) is 24.3 Å². The summed E-state index contributed by atoms with van der Waals surface area (Å²) in [6.45, 7) is 0. The van der Waals surface area contributed by atoms with E-state index in [1.54, 1.807) is 6.20 Å². The van der Waals surface area contributed by atoms with E-state index in [0.717, 1.165) is 10.8 Å². The predicted molar refractivity (Wildman–Crippen MR) is 72.6 cm³/mol. The summed E-state index contributed by atoms with van der Waals surface area (Å²) in [6, 6.07) is 18.5. The van der Waals surface area contributed by atoms with Crippen molar-refractivity contribution in [3.05, 3.63) is 60.8 Å². The molecule has 0 bridgehead atoms. The Labute approximate surface area is 102 Å². The molecule has 0 aliphatic carbocycles. The molecule has 0 atom stereocenters. The highest BCUT2D eigenvalue weighted by atomic mass is 14.6. The van der Waals surface area contributed by atoms with Crippen LogP contribution in [0.25, 0.3) is 21.9 Å². The molecule has 2 heteroatoms. The minimum absolute atomic E-state index is 0.558. The fourth-order valence-electron chi connectivity index (χ4n) is 1.97. The molecule has 1 aromatic heterocycles. The van der Waals surface area contributed by atoms with Crippen molar-refractivity contribution in [1.29, 1.82) is 0 Å². The highest BCUT2D eigenvalue weighted by Crippen LogP contribution is 2.23. The van der Waals surface area contributed by atoms with Crippen LogP contribution in [0.2, 0.25) is 0 Å². The number of aromatic nitrogens is 1. The number of pyridine rings is 1. The topological polar surface area (TPSA) is 12.9 Å². The van der Waals surface area contributed by atoms with Gasteiger partial charge in [-0.05, 0) is 39.6 Å². The minimum Gasteiger partial charge on any atom is -0.272 e. The van der Waals surface area contributed by atoms with Crippen LogP contribution in [-0.2, 0) is 0 Å². The molecule has 78 valence electrons. The molecule has 2 radical (unpaired) electrons. The molecule has 0 aliphatic heterocycles. The molecule has 0 aliphatic rings. The molecule has 0 unspecified atom stereocenters. The number of rotatable bonds is 1. The molecule has 17 heavy (non-hydrogen) atoms. The fourth-order valence-corrected chi connectivity index (χ4v) is 1.97. The molecule has 0 fully saturated rings. The number of fused-ring (bicyclic) bond motifs is 1. The Kier molecular flexibility index (Phi) is 2.41. The monoisotopic (exact) mass is 215 g/mol. The normalized spacial score (nSPS) is 10.6. The van der Waals surface area contributed by atoms with Gasteiger partial charge in [-0.2, -0.15) is 0 Å². The standard InChI is InChI=1S/C15H10BN/c16-15-9-14-8-12(6-7-13(14)10-17-15)11-4-2-1-3-5-11/h1-10H. The average Bonchev–Trinajstić information content (AvgIpc) is 2.39. The van der Waals surface area contributed by atoms with Crippen molar-refractivity contribution in [3.63, 3.8) is 0 Å². The summed E-state index contributed by atoms with van der Waals surface area (Å²) in [7, 11) is 5.70. The lowest BCUT2D eigenvalue weighted by molar-refractivity contribution is 1.43. The Balaban J connectivity index is 2.19. The van der Waals surface area contributed by atoms with Crippen LogP contribution >= 0.6 is 0 Å². The van der Waals surface area contributed by atoms with Gasteiger partial charge in [0.1, 0.15) is 7.85 Å². The number of benzene rings is 2. The van der Waals surface area contributed by atoms with Crippen molar-refractivity contribution in [2.45, 2.75) is 0 Å². The molecule has 0 amide bonds. The van der Waals surface area contributed by atoms with E-state index in [0.29, 0.717) is 5.59 Å². The van der Waals surface area contributed by atoms with Crippen molar-refractivity contribution < 1.29 is 0 Å². The summed E-state index contributed by atoms with van der Waals surface area (Å²) in [5.41, 5.74) is 2.97. The zero-order valence-corrected chi connectivity index (χ0v) is 9.30. The van der Waals surface area contributed by atoms with Crippen molar-refractivity contribution in [3.8, 4) is 11.1 Å². The quantitative estimate of drug-likeness (QED) is 0.568. The van der Waals surface area contributed by atoms with Crippen LogP contribution in [0.3, 0.4) is 0 Å². The fraction of sp³-hybridized carbons (Fsp3) is 0. The highest BCUT2D eigenvalue weighted by Gasteiger charge is 1.99. The van der Waals surface area contributed by atoms with E-state index >= 15 is 0 Å². The Morgan fingerprint density at radius 2 is 1.59 bits per heavy atom. The molecule has 0 saturated heterocycles. The molecule has 3 aromatic rings. The lowest BCUT2D eigenvalue weighted by atomic mass is 9.98. The SMILES string of the molecule is [B]c1cc2cc(-c3ccccc3)ccc2cn1. The van der Waals surface area contributed by atoms with Crippen molar-refractivity contribution in [2.75, 3.05) is 0 Å². The number of hydrogen-bond donors (Lipinski definition) is 0. The predicted octanol–water partition coefficient (Wildman–Crippen LogP) is 2.70. The van der Waals surface area contributed by atoms with Gasteiger partial charge in [-0.1, -0.05) is 42.5 Å². The Bertz CT molecular complexity index is 662. The van der Waals surface area contributed by atoms with Gasteiger partial charge in [0.15, 0.2) is 0 Å². The first-order chi connectivity index (χ1) is 8.33. The second-order valence-corrected chi connectivity index (χ2v) is 4.04. The van der Waals surface area contributed by atoms with Gasteiger partial charge in [0.25, 0.3) is 0 Å². The summed E-state index contributed by atoms with van der Waals surface area (Å²) in [5, 5.41) is 2.23. The van der Waals surface area contributed by atoms with E-state index in [2.05, 4.69) is 35.3 Å². The molecule has 2 aromatic carbocycles. The van der Waals surface area contributed by atoms with Crippen LogP contribution in [0.4, 0.5) is 0 Å². The zero-order valence-electron chi connectivity index (χ0n) is 9.30. The summed E-state index contributed by atoms with van der Waals surface area (Å²) < 4.78 is 0. The average molecular weight is 215 g/mol. The van der Waals surface area contributed by atoms with E-state index in [-0.39, 0.29) is 0 Å². The third-order valence-electron chi connectivity index (χ3n) is 2.85. The van der Waals surface area contributed by atoms with Crippen LogP contribution in [0.1, 0.15) is 0 Å². The van der Waals surface area contributed by atoms with E-state index in [4.69, 9.17) is 7.85 Å². The molecule has 0 spiro atoms. The summed E-state index contributed by atoms with van der Waals surface area (Å²) in [5.74, 6) is 0. The van der Waals surface area contributed by atoms with Crippen LogP contribution in [-0.4, -0.2) is 12.8 Å². The highest BCUT2D eigenvalue weighted by molar-refractivity contribution is 6.31. The molecule has 1 heterocycles. The summed E-state index contributed by atoms with van der Waals surface area (Å²) >= 11 is 0. The van der Waals surface area contributed by atoms with Crippen molar-refractivity contribution >= 4 is 24.2 Å². The first-order valence-electron chi connectivity index (χ1n) is 5.54. The third kappa shape index (κ3) is 1.94. The van der Waals surface area contributed by atoms with Gasteiger partial charge in [0, 0.05) is 6.20 Å². The van der Waals surface area contributed by atoms with Crippen LogP contribution in [0.5, 0.6) is 0 Å². The number of hydrogen-bond acceptors (Lipinski definition) is 1. The molecule has 0 N–H and O–H groups in total. The van der Waals surface area contributed by atoms with Crippen LogP contribution in [0, 0.1) is 0 Å². The van der Waals surface area contributed by atoms with Gasteiger partial charge in [-0.25, -0.2) is 0 Å². The second-order valence-electron chi connectivity index (χ2n) is 4.04. The van der Waals surface area contributed by atoms with Crippen LogP contribution < -0.4 is 5.59 Å². The first kappa shape index (κ1) is 10.1. The van der Waals surface area contributed by atoms with E-state index in [9.17, 15) is 0 Å². The maximum absolute atomic E-state index is 5.70. The smallest absolute Gasteiger partial charge is 0.141 e. The lowest BCUT2D eigenvalue weighted by Crippen LogP contribution is -2.05. The molecule has 1 nitrogen and oxygen atoms in total. The van der Waals surface area contributed by atoms with Crippen molar-refractivity contribution in [2.24, 2.45) is 0 Å². The maximum atomic E-state index is 5.70. The van der Waals surface area contributed by atoms with Crippen LogP contribution in [0.15, 0.2) is 60.8 Å². The van der Waals surface area contributed by atoms with Gasteiger partial charge in [-0.15, -0.1) is 0 Å². The largest absolute Gasteiger partial charge is 0.272 e. The van der Waals surface area contributed by atoms with Gasteiger partial charge < -0.3 is 0 Å². The lowest BCUT2D eigenvalue weighted by Gasteiger charge is -2.04. The molecule has 3 rings (SSSR count). The van der Waals surface area contributed by atoms with Gasteiger partial charge in [0.2, 0.25) is 0 Å². The van der Waals surface area contributed by atoms with Gasteiger partial charge >= 0.3 is 0 Å².